The predicted molar refractivity (Wildman–Crippen MR) is 111 cm³/mol. The fourth-order valence-corrected chi connectivity index (χ4v) is 3.32. The van der Waals surface area contributed by atoms with Crippen molar-refractivity contribution in [2.75, 3.05) is 5.32 Å². The summed E-state index contributed by atoms with van der Waals surface area (Å²) < 4.78 is 53.7. The lowest BCUT2D eigenvalue weighted by molar-refractivity contribution is -0.139. The topological polar surface area (TPSA) is 68.2 Å². The van der Waals surface area contributed by atoms with E-state index in [0.29, 0.717) is 17.8 Å². The van der Waals surface area contributed by atoms with E-state index in [0.717, 1.165) is 6.07 Å². The highest BCUT2D eigenvalue weighted by Crippen LogP contribution is 2.33. The number of nitrogens with zero attached hydrogens (tertiary/aromatic N) is 1. The molecule has 0 spiro atoms. The number of amides is 1. The summed E-state index contributed by atoms with van der Waals surface area (Å²) >= 11 is 0. The first-order valence-corrected chi connectivity index (χ1v) is 9.50. The molecule has 1 aromatic carbocycles. The number of nitrogens with one attached hydrogen (secondary N) is 1. The first kappa shape index (κ1) is 24.9. The molecule has 0 aliphatic carbocycles. The molecule has 0 radical (unpaired) electrons. The molecule has 0 atom stereocenters. The van der Waals surface area contributed by atoms with Crippen molar-refractivity contribution in [3.63, 3.8) is 0 Å². The SMILES string of the molecule is C#CC(C)(C)CC(=O)C(=O)c1c(C)c(C(=O)Nc2ccc(F)c(C(F)(F)F)c2)n(C)c1C. The molecule has 2 aromatic rings. The molecule has 0 saturated carbocycles. The average Bonchev–Trinajstić information content (AvgIpc) is 2.90. The number of alkyl halides is 3. The third-order valence-corrected chi connectivity index (χ3v) is 5.15. The summed E-state index contributed by atoms with van der Waals surface area (Å²) in [6.07, 6.45) is 0.254. The van der Waals surface area contributed by atoms with E-state index in [4.69, 9.17) is 6.42 Å². The molecule has 2 rings (SSSR count). The number of aromatic nitrogens is 1. The van der Waals surface area contributed by atoms with Gasteiger partial charge >= 0.3 is 6.18 Å². The zero-order valence-corrected chi connectivity index (χ0v) is 18.2. The van der Waals surface area contributed by atoms with E-state index in [-0.39, 0.29) is 28.9 Å². The molecular weight excluding hydrogens is 428 g/mol. The zero-order chi connectivity index (χ0) is 24.6. The predicted octanol–water partition coefficient (Wildman–Crippen LogP) is 4.85. The van der Waals surface area contributed by atoms with Gasteiger partial charge < -0.3 is 9.88 Å². The van der Waals surface area contributed by atoms with E-state index in [2.05, 4.69) is 11.2 Å². The van der Waals surface area contributed by atoms with Crippen LogP contribution in [-0.2, 0) is 18.0 Å². The Hall–Kier alpha value is -3.41. The molecule has 9 heteroatoms. The van der Waals surface area contributed by atoms with Crippen molar-refractivity contribution < 1.29 is 31.9 Å². The Morgan fingerprint density at radius 3 is 2.28 bits per heavy atom. The molecule has 5 nitrogen and oxygen atoms in total. The number of hydrogen-bond acceptors (Lipinski definition) is 3. The van der Waals surface area contributed by atoms with Gasteiger partial charge in [0.2, 0.25) is 11.6 Å². The molecule has 1 aromatic heterocycles. The Kier molecular flexibility index (Phi) is 6.69. The van der Waals surface area contributed by atoms with Gasteiger partial charge in [0.1, 0.15) is 11.5 Å². The van der Waals surface area contributed by atoms with Crippen molar-refractivity contribution in [3.05, 3.63) is 52.1 Å². The number of hydrogen-bond donors (Lipinski definition) is 1. The molecule has 0 bridgehead atoms. The van der Waals surface area contributed by atoms with Crippen LogP contribution in [0.25, 0.3) is 0 Å². The number of terminal acetylenes is 1. The van der Waals surface area contributed by atoms with Gasteiger partial charge in [0.05, 0.1) is 11.1 Å². The second kappa shape index (κ2) is 8.61. The Bertz CT molecular complexity index is 1150. The molecule has 1 heterocycles. The van der Waals surface area contributed by atoms with Gasteiger partial charge in [0.25, 0.3) is 5.91 Å². The van der Waals surface area contributed by atoms with Crippen LogP contribution >= 0.6 is 0 Å². The second-order valence-corrected chi connectivity index (χ2v) is 8.10. The summed E-state index contributed by atoms with van der Waals surface area (Å²) in [5, 5.41) is 2.29. The van der Waals surface area contributed by atoms with Crippen molar-refractivity contribution in [2.24, 2.45) is 12.5 Å². The van der Waals surface area contributed by atoms with E-state index < -0.39 is 40.4 Å². The maximum absolute atomic E-state index is 13.5. The number of carbonyl (C=O) groups is 3. The van der Waals surface area contributed by atoms with Crippen LogP contribution in [0.5, 0.6) is 0 Å². The highest BCUT2D eigenvalue weighted by molar-refractivity contribution is 6.44. The van der Waals surface area contributed by atoms with Crippen molar-refractivity contribution >= 4 is 23.2 Å². The number of benzene rings is 1. The van der Waals surface area contributed by atoms with Gasteiger partial charge in [-0.1, -0.05) is 0 Å². The highest BCUT2D eigenvalue weighted by atomic mass is 19.4. The van der Waals surface area contributed by atoms with Crippen LogP contribution in [-0.4, -0.2) is 22.0 Å². The minimum absolute atomic E-state index is 0.0206. The van der Waals surface area contributed by atoms with Crippen molar-refractivity contribution in [2.45, 2.75) is 40.3 Å². The van der Waals surface area contributed by atoms with Crippen LogP contribution in [0.15, 0.2) is 18.2 Å². The minimum atomic E-state index is -4.94. The van der Waals surface area contributed by atoms with Crippen LogP contribution in [0.2, 0.25) is 0 Å². The fourth-order valence-electron chi connectivity index (χ4n) is 3.32. The molecule has 0 saturated heterocycles. The summed E-state index contributed by atoms with van der Waals surface area (Å²) in [6.45, 7) is 6.27. The van der Waals surface area contributed by atoms with E-state index >= 15 is 0 Å². The quantitative estimate of drug-likeness (QED) is 0.296. The van der Waals surface area contributed by atoms with Crippen LogP contribution in [0.1, 0.15) is 57.9 Å². The van der Waals surface area contributed by atoms with Gasteiger partial charge in [-0.05, 0) is 51.5 Å². The summed E-state index contributed by atoms with van der Waals surface area (Å²) in [5.41, 5.74) is -2.09. The van der Waals surface area contributed by atoms with E-state index in [9.17, 15) is 31.9 Å². The fraction of sp³-hybridized carbons (Fsp3) is 0.348. The number of carbonyl (C=O) groups excluding carboxylic acids is 3. The molecule has 0 fully saturated rings. The molecule has 170 valence electrons. The first-order valence-electron chi connectivity index (χ1n) is 9.50. The van der Waals surface area contributed by atoms with Gasteiger partial charge in [-0.15, -0.1) is 12.3 Å². The lowest BCUT2D eigenvalue weighted by Gasteiger charge is -2.15. The second-order valence-electron chi connectivity index (χ2n) is 8.10. The van der Waals surface area contributed by atoms with E-state index in [1.54, 1.807) is 13.8 Å². The first-order chi connectivity index (χ1) is 14.6. The summed E-state index contributed by atoms with van der Waals surface area (Å²) in [4.78, 5) is 38.1. The number of anilines is 1. The van der Waals surface area contributed by atoms with Crippen molar-refractivity contribution in [3.8, 4) is 12.3 Å². The minimum Gasteiger partial charge on any atom is -0.343 e. The standard InChI is InChI=1S/C23H22F4N2O3/c1-7-22(4,5)11-17(30)20(31)18-12(2)19(29(6)13(18)3)21(32)28-14-8-9-16(24)15(10-14)23(25,26)27/h1,8-10H,11H2,2-6H3,(H,28,32). The maximum atomic E-state index is 13.5. The molecule has 0 aliphatic rings. The Morgan fingerprint density at radius 1 is 1.16 bits per heavy atom. The molecular formula is C23H22F4N2O3. The van der Waals surface area contributed by atoms with Gasteiger partial charge in [-0.2, -0.15) is 13.2 Å². The van der Waals surface area contributed by atoms with Crippen LogP contribution < -0.4 is 5.32 Å². The summed E-state index contributed by atoms with van der Waals surface area (Å²) in [5.74, 6) is -1.37. The van der Waals surface area contributed by atoms with Gasteiger partial charge in [-0.25, -0.2) is 4.39 Å². The Morgan fingerprint density at radius 2 is 1.75 bits per heavy atom. The Labute approximate surface area is 182 Å². The third kappa shape index (κ3) is 4.90. The summed E-state index contributed by atoms with van der Waals surface area (Å²) in [6, 6.07) is 2.07. The molecule has 1 amide bonds. The van der Waals surface area contributed by atoms with Crippen LogP contribution in [0, 0.1) is 37.4 Å². The molecule has 0 unspecified atom stereocenters. The van der Waals surface area contributed by atoms with Crippen molar-refractivity contribution in [1.82, 2.24) is 4.57 Å². The van der Waals surface area contributed by atoms with Crippen LogP contribution in [0.4, 0.5) is 23.2 Å². The largest absolute Gasteiger partial charge is 0.419 e. The normalized spacial score (nSPS) is 11.8. The number of rotatable bonds is 6. The number of halogens is 4. The van der Waals surface area contributed by atoms with Gasteiger partial charge in [-0.3, -0.25) is 14.4 Å². The van der Waals surface area contributed by atoms with Crippen LogP contribution in [0.3, 0.4) is 0 Å². The van der Waals surface area contributed by atoms with Gasteiger partial charge in [0, 0.05) is 30.3 Å². The number of ketones is 2. The molecule has 1 N–H and O–H groups in total. The monoisotopic (exact) mass is 450 g/mol. The average molecular weight is 450 g/mol. The van der Waals surface area contributed by atoms with Gasteiger partial charge in [0.15, 0.2) is 0 Å². The third-order valence-electron chi connectivity index (χ3n) is 5.15. The van der Waals surface area contributed by atoms with Crippen molar-refractivity contribution in [1.29, 1.82) is 0 Å². The lowest BCUT2D eigenvalue weighted by atomic mass is 9.86. The lowest BCUT2D eigenvalue weighted by Crippen LogP contribution is -2.23. The Balaban J connectivity index is 2.41. The molecule has 32 heavy (non-hydrogen) atoms. The van der Waals surface area contributed by atoms with E-state index in [1.807, 2.05) is 0 Å². The van der Waals surface area contributed by atoms with E-state index in [1.165, 1.54) is 25.5 Å². The summed E-state index contributed by atoms with van der Waals surface area (Å²) in [7, 11) is 1.48. The smallest absolute Gasteiger partial charge is 0.343 e. The highest BCUT2D eigenvalue weighted by Gasteiger charge is 2.35. The number of Topliss-reactive ketones (excluding diaryl/α,β-unsaturated/α-hetero) is 2. The molecule has 0 aliphatic heterocycles. The zero-order valence-electron chi connectivity index (χ0n) is 18.2. The maximum Gasteiger partial charge on any atom is 0.419 e.